The Kier molecular flexibility index (Phi) is 3.56. The van der Waals surface area contributed by atoms with E-state index >= 15 is 0 Å². The number of rotatable bonds is 2. The molecule has 2 atom stereocenters. The van der Waals surface area contributed by atoms with Crippen molar-refractivity contribution in [1.29, 1.82) is 0 Å². The molecule has 0 heterocycles. The summed E-state index contributed by atoms with van der Waals surface area (Å²) in [5.74, 6) is -0.527. The molecule has 0 aliphatic heterocycles. The summed E-state index contributed by atoms with van der Waals surface area (Å²) in [4.78, 5) is 11.8. The van der Waals surface area contributed by atoms with Crippen molar-refractivity contribution in [2.45, 2.75) is 44.9 Å². The lowest BCUT2D eigenvalue weighted by Gasteiger charge is -2.19. The van der Waals surface area contributed by atoms with Crippen LogP contribution in [-0.4, -0.2) is 11.6 Å². The van der Waals surface area contributed by atoms with Crippen LogP contribution in [0, 0.1) is 5.92 Å². The second kappa shape index (κ2) is 4.79. The quantitative estimate of drug-likeness (QED) is 0.763. The van der Waals surface area contributed by atoms with E-state index in [2.05, 4.69) is 0 Å². The Morgan fingerprint density at radius 1 is 1.15 bits per heavy atom. The minimum atomic E-state index is -4.33. The molecular weight excluding hydrogens is 269 g/mol. The molecule has 1 saturated carbocycles. The molecule has 0 radical (unpaired) electrons. The Bertz CT molecular complexity index is 497. The molecule has 110 valence electrons. The van der Waals surface area contributed by atoms with Crippen LogP contribution in [0.5, 0.6) is 0 Å². The number of hydrogen-bond donors (Lipinski definition) is 0. The largest absolute Gasteiger partial charge is 0.460 e. The maximum atomic E-state index is 12.5. The normalized spacial score (nSPS) is 22.5. The van der Waals surface area contributed by atoms with Gasteiger partial charge < -0.3 is 4.74 Å². The summed E-state index contributed by atoms with van der Waals surface area (Å²) >= 11 is 0. The van der Waals surface area contributed by atoms with Crippen LogP contribution < -0.4 is 0 Å². The topological polar surface area (TPSA) is 26.3 Å². The van der Waals surface area contributed by atoms with Crippen LogP contribution in [0.15, 0.2) is 24.3 Å². The molecule has 0 saturated heterocycles. The predicted molar refractivity (Wildman–Crippen MR) is 68.1 cm³/mol. The van der Waals surface area contributed by atoms with Crippen LogP contribution in [0.2, 0.25) is 0 Å². The maximum absolute atomic E-state index is 12.5. The number of carbonyl (C=O) groups excluding carboxylic acids is 1. The number of alkyl halides is 3. The Labute approximate surface area is 115 Å². The van der Waals surface area contributed by atoms with Gasteiger partial charge in [-0.2, -0.15) is 13.2 Å². The van der Waals surface area contributed by atoms with Crippen LogP contribution in [-0.2, 0) is 15.7 Å². The van der Waals surface area contributed by atoms with E-state index in [-0.39, 0.29) is 17.8 Å². The van der Waals surface area contributed by atoms with E-state index in [1.165, 1.54) is 12.1 Å². The number of esters is 1. The van der Waals surface area contributed by atoms with E-state index in [9.17, 15) is 18.0 Å². The van der Waals surface area contributed by atoms with Crippen molar-refractivity contribution in [1.82, 2.24) is 0 Å². The van der Waals surface area contributed by atoms with Gasteiger partial charge in [0.05, 0.1) is 11.5 Å². The molecule has 1 aliphatic rings. The lowest BCUT2D eigenvalue weighted by Crippen LogP contribution is -2.25. The van der Waals surface area contributed by atoms with Crippen molar-refractivity contribution in [3.8, 4) is 0 Å². The zero-order valence-corrected chi connectivity index (χ0v) is 11.6. The zero-order chi connectivity index (χ0) is 15.1. The molecule has 1 aromatic carbocycles. The number of halogens is 3. The van der Waals surface area contributed by atoms with Crippen molar-refractivity contribution < 1.29 is 22.7 Å². The Morgan fingerprint density at radius 2 is 1.70 bits per heavy atom. The van der Waals surface area contributed by atoms with E-state index < -0.39 is 17.3 Å². The standard InChI is InChI=1S/C15H17F3O2/c1-14(2,3)20-13(19)12-8-11(12)9-4-6-10(7-5-9)15(16,17)18/h4-7,11-12H,8H2,1-3H3/t11-,12-/m1/s1. The summed E-state index contributed by atoms with van der Waals surface area (Å²) in [5, 5.41) is 0. The number of carbonyl (C=O) groups is 1. The van der Waals surface area contributed by atoms with Crippen LogP contribution in [0.25, 0.3) is 0 Å². The number of benzene rings is 1. The first-order valence-electron chi connectivity index (χ1n) is 6.48. The van der Waals surface area contributed by atoms with Crippen molar-refractivity contribution >= 4 is 5.97 Å². The summed E-state index contributed by atoms with van der Waals surface area (Å²) in [6.45, 7) is 5.38. The van der Waals surface area contributed by atoms with E-state index in [0.29, 0.717) is 6.42 Å². The van der Waals surface area contributed by atoms with Gasteiger partial charge in [0.25, 0.3) is 0 Å². The Morgan fingerprint density at radius 3 is 2.15 bits per heavy atom. The van der Waals surface area contributed by atoms with Crippen LogP contribution in [0.4, 0.5) is 13.2 Å². The summed E-state index contributed by atoms with van der Waals surface area (Å²) < 4.78 is 42.6. The molecule has 0 bridgehead atoms. The average Bonchev–Trinajstić information content (AvgIpc) is 3.05. The van der Waals surface area contributed by atoms with Gasteiger partial charge in [0.15, 0.2) is 0 Å². The van der Waals surface area contributed by atoms with Gasteiger partial charge in [-0.05, 0) is 50.8 Å². The molecule has 0 amide bonds. The third-order valence-electron chi connectivity index (χ3n) is 3.17. The highest BCUT2D eigenvalue weighted by molar-refractivity contribution is 5.77. The minimum Gasteiger partial charge on any atom is -0.460 e. The van der Waals surface area contributed by atoms with Gasteiger partial charge in [-0.25, -0.2) is 0 Å². The molecule has 5 heteroatoms. The highest BCUT2D eigenvalue weighted by Gasteiger charge is 2.46. The van der Waals surface area contributed by atoms with Gasteiger partial charge in [-0.3, -0.25) is 4.79 Å². The zero-order valence-electron chi connectivity index (χ0n) is 11.6. The van der Waals surface area contributed by atoms with Crippen LogP contribution in [0.1, 0.15) is 44.2 Å². The average molecular weight is 286 g/mol. The van der Waals surface area contributed by atoms with Gasteiger partial charge in [0.2, 0.25) is 0 Å². The third-order valence-corrected chi connectivity index (χ3v) is 3.17. The number of ether oxygens (including phenoxy) is 1. The summed E-state index contributed by atoms with van der Waals surface area (Å²) in [6, 6.07) is 5.00. The fourth-order valence-corrected chi connectivity index (χ4v) is 2.12. The molecule has 1 aliphatic carbocycles. The summed E-state index contributed by atoms with van der Waals surface area (Å²) in [7, 11) is 0. The molecule has 0 aromatic heterocycles. The van der Waals surface area contributed by atoms with Crippen molar-refractivity contribution in [3.05, 3.63) is 35.4 Å². The SMILES string of the molecule is CC(C)(C)OC(=O)[C@@H]1C[C@@H]1c1ccc(C(F)(F)F)cc1. The van der Waals surface area contributed by atoms with Gasteiger partial charge in [-0.15, -0.1) is 0 Å². The predicted octanol–water partition coefficient (Wildman–Crippen LogP) is 4.15. The lowest BCUT2D eigenvalue weighted by molar-refractivity contribution is -0.156. The first-order chi connectivity index (χ1) is 9.08. The van der Waals surface area contributed by atoms with Gasteiger partial charge in [0.1, 0.15) is 5.60 Å². The molecule has 1 aromatic rings. The second-order valence-electron chi connectivity index (χ2n) is 6.10. The molecule has 0 unspecified atom stereocenters. The Hall–Kier alpha value is -1.52. The van der Waals surface area contributed by atoms with Crippen LogP contribution >= 0.6 is 0 Å². The molecule has 2 nitrogen and oxygen atoms in total. The van der Waals surface area contributed by atoms with Gasteiger partial charge in [-0.1, -0.05) is 12.1 Å². The van der Waals surface area contributed by atoms with Gasteiger partial charge in [0, 0.05) is 0 Å². The van der Waals surface area contributed by atoms with Crippen molar-refractivity contribution in [2.75, 3.05) is 0 Å². The smallest absolute Gasteiger partial charge is 0.416 e. The number of hydrogen-bond acceptors (Lipinski definition) is 2. The second-order valence-corrected chi connectivity index (χ2v) is 6.10. The molecular formula is C15H17F3O2. The van der Waals surface area contributed by atoms with Crippen molar-refractivity contribution in [2.24, 2.45) is 5.92 Å². The molecule has 2 rings (SSSR count). The summed E-state index contributed by atoms with van der Waals surface area (Å²) in [5.41, 5.74) is -0.450. The van der Waals surface area contributed by atoms with Gasteiger partial charge >= 0.3 is 12.1 Å². The fraction of sp³-hybridized carbons (Fsp3) is 0.533. The first kappa shape index (κ1) is 14.9. The van der Waals surface area contributed by atoms with E-state index in [1.807, 2.05) is 0 Å². The minimum absolute atomic E-state index is 0.0212. The Balaban J connectivity index is 2.00. The fourth-order valence-electron chi connectivity index (χ4n) is 2.12. The van der Waals surface area contributed by atoms with Crippen molar-refractivity contribution in [3.63, 3.8) is 0 Å². The molecule has 0 N–H and O–H groups in total. The van der Waals surface area contributed by atoms with E-state index in [0.717, 1.165) is 17.7 Å². The lowest BCUT2D eigenvalue weighted by atomic mass is 10.1. The monoisotopic (exact) mass is 286 g/mol. The highest BCUT2D eigenvalue weighted by Crippen LogP contribution is 2.49. The summed E-state index contributed by atoms with van der Waals surface area (Å²) in [6.07, 6.45) is -3.69. The molecule has 0 spiro atoms. The highest BCUT2D eigenvalue weighted by atomic mass is 19.4. The van der Waals surface area contributed by atoms with E-state index in [4.69, 9.17) is 4.74 Å². The molecule has 20 heavy (non-hydrogen) atoms. The molecule has 1 fully saturated rings. The third kappa shape index (κ3) is 3.52. The maximum Gasteiger partial charge on any atom is 0.416 e. The first-order valence-corrected chi connectivity index (χ1v) is 6.48. The van der Waals surface area contributed by atoms with E-state index in [1.54, 1.807) is 20.8 Å². The van der Waals surface area contributed by atoms with Crippen LogP contribution in [0.3, 0.4) is 0 Å².